The predicted octanol–water partition coefficient (Wildman–Crippen LogP) is 6.82. The molecule has 7 heteroatoms. The number of anilines is 5. The van der Waals surface area contributed by atoms with Crippen molar-refractivity contribution in [1.82, 2.24) is 9.97 Å². The summed E-state index contributed by atoms with van der Waals surface area (Å²) in [6.07, 6.45) is 5.11. The highest BCUT2D eigenvalue weighted by atomic mass is 19.1. The molecule has 35 heavy (non-hydrogen) atoms. The maximum atomic E-state index is 13.8. The van der Waals surface area contributed by atoms with Crippen molar-refractivity contribution in [1.29, 1.82) is 0 Å². The summed E-state index contributed by atoms with van der Waals surface area (Å²) in [5.74, 6) is -0.559. The molecule has 0 atom stereocenters. The van der Waals surface area contributed by atoms with Crippen LogP contribution in [0.5, 0.6) is 0 Å². The fourth-order valence-corrected chi connectivity index (χ4v) is 3.80. The van der Waals surface area contributed by atoms with Gasteiger partial charge in [0.25, 0.3) is 5.91 Å². The number of amides is 1. The highest BCUT2D eigenvalue weighted by Gasteiger charge is 2.10. The number of hydrogen-bond acceptors (Lipinski definition) is 5. The summed E-state index contributed by atoms with van der Waals surface area (Å²) >= 11 is 0. The first-order valence-electron chi connectivity index (χ1n) is 11.1. The van der Waals surface area contributed by atoms with Crippen molar-refractivity contribution in [2.45, 2.75) is 6.92 Å². The van der Waals surface area contributed by atoms with E-state index in [0.717, 1.165) is 22.6 Å². The second-order valence-corrected chi connectivity index (χ2v) is 8.07. The predicted molar refractivity (Wildman–Crippen MR) is 138 cm³/mol. The average Bonchev–Trinajstić information content (AvgIpc) is 2.87. The van der Waals surface area contributed by atoms with Gasteiger partial charge in [-0.15, -0.1) is 0 Å². The Morgan fingerprint density at radius 1 is 0.771 bits per heavy atom. The van der Waals surface area contributed by atoms with Gasteiger partial charge < -0.3 is 16.0 Å². The molecule has 0 radical (unpaired) electrons. The third kappa shape index (κ3) is 5.09. The van der Waals surface area contributed by atoms with Crippen LogP contribution >= 0.6 is 0 Å². The second-order valence-electron chi connectivity index (χ2n) is 8.07. The standard InChI is InChI=1S/C28H22FN5O/c1-18-15-23(32-21-9-12-30-13-10-21)6-8-25(18)34-28(35)19-3-2-4-22(16-19)33-27-11-14-31-26-7-5-20(29)17-24(26)27/h2-17H,1H3,(H,30,32)(H,31,33)(H,34,35). The molecule has 0 aliphatic heterocycles. The van der Waals surface area contributed by atoms with E-state index in [9.17, 15) is 9.18 Å². The summed E-state index contributed by atoms with van der Waals surface area (Å²) in [5, 5.41) is 10.2. The smallest absolute Gasteiger partial charge is 0.255 e. The summed E-state index contributed by atoms with van der Waals surface area (Å²) in [7, 11) is 0. The highest BCUT2D eigenvalue weighted by Crippen LogP contribution is 2.27. The lowest BCUT2D eigenvalue weighted by Crippen LogP contribution is -2.13. The van der Waals surface area contributed by atoms with Crippen LogP contribution in [0.1, 0.15) is 15.9 Å². The zero-order valence-corrected chi connectivity index (χ0v) is 18.9. The molecule has 3 aromatic carbocycles. The number of aryl methyl sites for hydroxylation is 1. The molecule has 172 valence electrons. The first-order valence-corrected chi connectivity index (χ1v) is 11.1. The number of benzene rings is 3. The molecule has 5 aromatic rings. The van der Waals surface area contributed by atoms with Crippen LogP contribution < -0.4 is 16.0 Å². The monoisotopic (exact) mass is 463 g/mol. The topological polar surface area (TPSA) is 78.9 Å². The van der Waals surface area contributed by atoms with Crippen LogP contribution in [0.4, 0.5) is 32.8 Å². The number of nitrogens with one attached hydrogen (secondary N) is 3. The molecule has 0 unspecified atom stereocenters. The first-order chi connectivity index (χ1) is 17.0. The molecule has 2 heterocycles. The molecule has 0 bridgehead atoms. The van der Waals surface area contributed by atoms with Crippen LogP contribution in [0.2, 0.25) is 0 Å². The van der Waals surface area contributed by atoms with Gasteiger partial charge in [-0.2, -0.15) is 0 Å². The molecule has 0 aliphatic carbocycles. The van der Waals surface area contributed by atoms with Crippen LogP contribution in [-0.4, -0.2) is 15.9 Å². The Kier molecular flexibility index (Phi) is 6.05. The van der Waals surface area contributed by atoms with E-state index in [-0.39, 0.29) is 11.7 Å². The summed E-state index contributed by atoms with van der Waals surface area (Å²) < 4.78 is 13.8. The molecule has 0 aliphatic rings. The van der Waals surface area contributed by atoms with Crippen LogP contribution in [0.15, 0.2) is 97.5 Å². The number of carbonyl (C=O) groups excluding carboxylic acids is 1. The largest absolute Gasteiger partial charge is 0.355 e. The maximum Gasteiger partial charge on any atom is 0.255 e. The van der Waals surface area contributed by atoms with Crippen LogP contribution in [0, 0.1) is 12.7 Å². The van der Waals surface area contributed by atoms with Gasteiger partial charge in [0.2, 0.25) is 0 Å². The molecule has 3 N–H and O–H groups in total. The van der Waals surface area contributed by atoms with Crippen molar-refractivity contribution < 1.29 is 9.18 Å². The third-order valence-corrected chi connectivity index (χ3v) is 5.55. The number of halogens is 1. The lowest BCUT2D eigenvalue weighted by atomic mass is 10.1. The third-order valence-electron chi connectivity index (χ3n) is 5.55. The number of rotatable bonds is 6. The van der Waals surface area contributed by atoms with Crippen molar-refractivity contribution in [2.24, 2.45) is 0 Å². The SMILES string of the molecule is Cc1cc(Nc2ccncc2)ccc1NC(=O)c1cccc(Nc2ccnc3ccc(F)cc23)c1. The van der Waals surface area contributed by atoms with E-state index >= 15 is 0 Å². The van der Waals surface area contributed by atoms with E-state index in [0.29, 0.717) is 27.8 Å². The minimum absolute atomic E-state index is 0.225. The van der Waals surface area contributed by atoms with Gasteiger partial charge in [-0.05, 0) is 85.3 Å². The molecule has 0 saturated carbocycles. The number of aromatic nitrogens is 2. The van der Waals surface area contributed by atoms with Gasteiger partial charge in [0.05, 0.1) is 5.52 Å². The molecule has 0 saturated heterocycles. The zero-order valence-electron chi connectivity index (χ0n) is 18.9. The first kappa shape index (κ1) is 22.0. The number of pyridine rings is 2. The maximum absolute atomic E-state index is 13.8. The van der Waals surface area contributed by atoms with Crippen LogP contribution in [0.3, 0.4) is 0 Å². The number of nitrogens with zero attached hydrogens (tertiary/aromatic N) is 2. The van der Waals surface area contributed by atoms with Gasteiger partial charge in [0, 0.05) is 58.0 Å². The fraction of sp³-hybridized carbons (Fsp3) is 0.0357. The summed E-state index contributed by atoms with van der Waals surface area (Å²) in [4.78, 5) is 21.3. The number of carbonyl (C=O) groups is 1. The van der Waals surface area contributed by atoms with E-state index in [1.54, 1.807) is 48.9 Å². The Labute approximate surface area is 201 Å². The Morgan fingerprint density at radius 3 is 2.43 bits per heavy atom. The number of fused-ring (bicyclic) bond motifs is 1. The van der Waals surface area contributed by atoms with E-state index < -0.39 is 0 Å². The van der Waals surface area contributed by atoms with Gasteiger partial charge in [0.15, 0.2) is 0 Å². The van der Waals surface area contributed by atoms with E-state index in [1.807, 2.05) is 43.3 Å². The van der Waals surface area contributed by atoms with Crippen molar-refractivity contribution in [2.75, 3.05) is 16.0 Å². The van der Waals surface area contributed by atoms with Gasteiger partial charge in [0.1, 0.15) is 5.82 Å². The van der Waals surface area contributed by atoms with E-state index in [1.165, 1.54) is 12.1 Å². The molecule has 1 amide bonds. The number of hydrogen-bond donors (Lipinski definition) is 3. The molecular formula is C28H22FN5O. The minimum Gasteiger partial charge on any atom is -0.355 e. The quantitative estimate of drug-likeness (QED) is 0.258. The Morgan fingerprint density at radius 2 is 1.60 bits per heavy atom. The van der Waals surface area contributed by atoms with E-state index in [2.05, 4.69) is 25.9 Å². The van der Waals surface area contributed by atoms with Gasteiger partial charge in [-0.1, -0.05) is 6.07 Å². The zero-order chi connectivity index (χ0) is 24.2. The molecule has 5 rings (SSSR count). The van der Waals surface area contributed by atoms with Gasteiger partial charge in [-0.3, -0.25) is 14.8 Å². The van der Waals surface area contributed by atoms with Gasteiger partial charge in [-0.25, -0.2) is 4.39 Å². The van der Waals surface area contributed by atoms with Crippen molar-refractivity contribution in [3.63, 3.8) is 0 Å². The molecule has 2 aromatic heterocycles. The highest BCUT2D eigenvalue weighted by molar-refractivity contribution is 6.05. The minimum atomic E-state index is -0.334. The fourth-order valence-electron chi connectivity index (χ4n) is 3.80. The Balaban J connectivity index is 1.32. The normalized spacial score (nSPS) is 10.7. The van der Waals surface area contributed by atoms with Gasteiger partial charge >= 0.3 is 0 Å². The lowest BCUT2D eigenvalue weighted by Gasteiger charge is -2.13. The molecule has 6 nitrogen and oxygen atoms in total. The van der Waals surface area contributed by atoms with E-state index in [4.69, 9.17) is 0 Å². The summed E-state index contributed by atoms with van der Waals surface area (Å²) in [6, 6.07) is 22.9. The van der Waals surface area contributed by atoms with Crippen molar-refractivity contribution in [3.05, 3.63) is 114 Å². The van der Waals surface area contributed by atoms with Crippen molar-refractivity contribution in [3.8, 4) is 0 Å². The molecule has 0 spiro atoms. The van der Waals surface area contributed by atoms with Crippen molar-refractivity contribution >= 4 is 45.2 Å². The average molecular weight is 464 g/mol. The summed E-state index contributed by atoms with van der Waals surface area (Å²) in [6.45, 7) is 1.94. The Hall–Kier alpha value is -4.78. The second kappa shape index (κ2) is 9.61. The lowest BCUT2D eigenvalue weighted by molar-refractivity contribution is 0.102. The van der Waals surface area contributed by atoms with Crippen LogP contribution in [0.25, 0.3) is 10.9 Å². The molecular weight excluding hydrogens is 441 g/mol. The molecule has 0 fully saturated rings. The van der Waals surface area contributed by atoms with Crippen LogP contribution in [-0.2, 0) is 0 Å². The summed E-state index contributed by atoms with van der Waals surface area (Å²) in [5.41, 5.74) is 6.11. The Bertz CT molecular complexity index is 1520.